The maximum Gasteiger partial charge on any atom is 0.253 e. The average Bonchev–Trinajstić information content (AvgIpc) is 2.70. The molecule has 0 aliphatic carbocycles. The molecule has 1 saturated heterocycles. The molecule has 100 valence electrons. The van der Waals surface area contributed by atoms with Gasteiger partial charge in [0.05, 0.1) is 0 Å². The Labute approximate surface area is 111 Å². The van der Waals surface area contributed by atoms with Crippen molar-refractivity contribution in [3.63, 3.8) is 0 Å². The monoisotopic (exact) mass is 247 g/mol. The molecule has 0 N–H and O–H groups in total. The van der Waals surface area contributed by atoms with Crippen LogP contribution in [0.3, 0.4) is 0 Å². The molecule has 1 amide bonds. The van der Waals surface area contributed by atoms with Gasteiger partial charge in [0.25, 0.3) is 5.91 Å². The van der Waals surface area contributed by atoms with Gasteiger partial charge in [-0.1, -0.05) is 44.4 Å². The summed E-state index contributed by atoms with van der Waals surface area (Å²) in [5.74, 6) is 0.196. The lowest BCUT2D eigenvalue weighted by Crippen LogP contribution is -2.31. The van der Waals surface area contributed by atoms with Gasteiger partial charge in [0.15, 0.2) is 0 Å². The van der Waals surface area contributed by atoms with Gasteiger partial charge >= 0.3 is 0 Å². The number of nitrogens with zero attached hydrogens (tertiary/aromatic N) is 1. The first kappa shape index (κ1) is 14.7. The van der Waals surface area contributed by atoms with Crippen LogP contribution in [0.5, 0.6) is 0 Å². The summed E-state index contributed by atoms with van der Waals surface area (Å²) in [4.78, 5) is 14.2. The summed E-state index contributed by atoms with van der Waals surface area (Å²) in [6, 6.07) is 7.88. The van der Waals surface area contributed by atoms with E-state index in [0.29, 0.717) is 0 Å². The Morgan fingerprint density at radius 2 is 1.44 bits per heavy atom. The summed E-state index contributed by atoms with van der Waals surface area (Å²) in [5, 5.41) is 0. The minimum atomic E-state index is 0.196. The SMILES string of the molecule is CC.Cc1ccc(C(=O)N2CCCCCC2)cc1. The summed E-state index contributed by atoms with van der Waals surface area (Å²) >= 11 is 0. The van der Waals surface area contributed by atoms with Crippen LogP contribution in [0.1, 0.15) is 55.5 Å². The topological polar surface area (TPSA) is 20.3 Å². The number of aryl methyl sites for hydroxylation is 1. The highest BCUT2D eigenvalue weighted by molar-refractivity contribution is 5.94. The fourth-order valence-corrected chi connectivity index (χ4v) is 2.15. The third kappa shape index (κ3) is 4.17. The number of carbonyl (C=O) groups is 1. The fraction of sp³-hybridized carbons (Fsp3) is 0.562. The third-order valence-corrected chi connectivity index (χ3v) is 3.19. The predicted octanol–water partition coefficient (Wildman–Crippen LogP) is 4.04. The van der Waals surface area contributed by atoms with Gasteiger partial charge in [-0.3, -0.25) is 4.79 Å². The Kier molecular flexibility index (Phi) is 6.48. The Balaban J connectivity index is 0.000000771. The number of carbonyl (C=O) groups excluding carboxylic acids is 1. The van der Waals surface area contributed by atoms with Crippen LogP contribution < -0.4 is 0 Å². The molecular formula is C16H25NO. The molecule has 0 saturated carbocycles. The quantitative estimate of drug-likeness (QED) is 0.733. The molecule has 2 rings (SSSR count). The second kappa shape index (κ2) is 7.91. The van der Waals surface area contributed by atoms with E-state index in [9.17, 15) is 4.79 Å². The number of hydrogen-bond acceptors (Lipinski definition) is 1. The van der Waals surface area contributed by atoms with Crippen molar-refractivity contribution in [3.05, 3.63) is 35.4 Å². The number of benzene rings is 1. The third-order valence-electron chi connectivity index (χ3n) is 3.19. The van der Waals surface area contributed by atoms with E-state index >= 15 is 0 Å². The molecule has 0 unspecified atom stereocenters. The molecule has 0 aromatic heterocycles. The molecule has 1 fully saturated rings. The zero-order valence-corrected chi connectivity index (χ0v) is 11.9. The molecule has 1 aromatic carbocycles. The fourth-order valence-electron chi connectivity index (χ4n) is 2.15. The minimum Gasteiger partial charge on any atom is -0.339 e. The highest BCUT2D eigenvalue weighted by atomic mass is 16.2. The van der Waals surface area contributed by atoms with Gasteiger partial charge in [0.1, 0.15) is 0 Å². The standard InChI is InChI=1S/C14H19NO.C2H6/c1-12-6-8-13(9-7-12)14(16)15-10-4-2-3-5-11-15;1-2/h6-9H,2-5,10-11H2,1H3;1-2H3. The van der Waals surface area contributed by atoms with Crippen LogP contribution in [-0.2, 0) is 0 Å². The van der Waals surface area contributed by atoms with E-state index in [1.807, 2.05) is 49.9 Å². The van der Waals surface area contributed by atoms with Gasteiger partial charge in [0.2, 0.25) is 0 Å². The van der Waals surface area contributed by atoms with Crippen molar-refractivity contribution in [2.24, 2.45) is 0 Å². The van der Waals surface area contributed by atoms with Crippen molar-refractivity contribution in [2.45, 2.75) is 46.5 Å². The average molecular weight is 247 g/mol. The van der Waals surface area contributed by atoms with Crippen LogP contribution in [0.25, 0.3) is 0 Å². The Morgan fingerprint density at radius 1 is 0.944 bits per heavy atom. The summed E-state index contributed by atoms with van der Waals surface area (Å²) in [5.41, 5.74) is 2.03. The second-order valence-corrected chi connectivity index (χ2v) is 4.57. The predicted molar refractivity (Wildman–Crippen MR) is 76.9 cm³/mol. The van der Waals surface area contributed by atoms with Crippen molar-refractivity contribution in [1.82, 2.24) is 4.90 Å². The van der Waals surface area contributed by atoms with Crippen LogP contribution in [0.2, 0.25) is 0 Å². The highest BCUT2D eigenvalue weighted by Crippen LogP contribution is 2.13. The number of hydrogen-bond donors (Lipinski definition) is 0. The number of rotatable bonds is 1. The number of likely N-dealkylation sites (tertiary alicyclic amines) is 1. The molecule has 2 heteroatoms. The van der Waals surface area contributed by atoms with Crippen LogP contribution >= 0.6 is 0 Å². The molecule has 2 nitrogen and oxygen atoms in total. The van der Waals surface area contributed by atoms with Gasteiger partial charge in [-0.15, -0.1) is 0 Å². The minimum absolute atomic E-state index is 0.196. The Hall–Kier alpha value is -1.31. The smallest absolute Gasteiger partial charge is 0.253 e. The molecule has 1 aliphatic rings. The van der Waals surface area contributed by atoms with E-state index in [-0.39, 0.29) is 5.91 Å². The van der Waals surface area contributed by atoms with E-state index in [4.69, 9.17) is 0 Å². The molecule has 0 radical (unpaired) electrons. The van der Waals surface area contributed by atoms with Gasteiger partial charge in [0, 0.05) is 18.7 Å². The normalized spacial score (nSPS) is 15.4. The molecule has 0 atom stereocenters. The maximum absolute atomic E-state index is 12.2. The zero-order chi connectivity index (χ0) is 13.4. The summed E-state index contributed by atoms with van der Waals surface area (Å²) in [6.07, 6.45) is 4.82. The van der Waals surface area contributed by atoms with Crippen molar-refractivity contribution < 1.29 is 4.79 Å². The summed E-state index contributed by atoms with van der Waals surface area (Å²) in [6.45, 7) is 7.89. The van der Waals surface area contributed by atoms with Gasteiger partial charge in [-0.05, 0) is 31.9 Å². The largest absolute Gasteiger partial charge is 0.339 e. The molecule has 0 spiro atoms. The molecule has 1 aromatic rings. The lowest BCUT2D eigenvalue weighted by Gasteiger charge is -2.20. The molecule has 0 bridgehead atoms. The van der Waals surface area contributed by atoms with Crippen LogP contribution in [0.15, 0.2) is 24.3 Å². The molecule has 18 heavy (non-hydrogen) atoms. The van der Waals surface area contributed by atoms with Crippen LogP contribution in [-0.4, -0.2) is 23.9 Å². The van der Waals surface area contributed by atoms with Crippen LogP contribution in [0.4, 0.5) is 0 Å². The lowest BCUT2D eigenvalue weighted by molar-refractivity contribution is 0.0761. The summed E-state index contributed by atoms with van der Waals surface area (Å²) < 4.78 is 0. The van der Waals surface area contributed by atoms with Crippen molar-refractivity contribution in [2.75, 3.05) is 13.1 Å². The highest BCUT2D eigenvalue weighted by Gasteiger charge is 2.16. The van der Waals surface area contributed by atoms with E-state index in [0.717, 1.165) is 31.5 Å². The Morgan fingerprint density at radius 3 is 1.94 bits per heavy atom. The summed E-state index contributed by atoms with van der Waals surface area (Å²) in [7, 11) is 0. The van der Waals surface area contributed by atoms with Crippen molar-refractivity contribution in [3.8, 4) is 0 Å². The van der Waals surface area contributed by atoms with Gasteiger partial charge in [-0.2, -0.15) is 0 Å². The van der Waals surface area contributed by atoms with E-state index < -0.39 is 0 Å². The van der Waals surface area contributed by atoms with E-state index in [1.165, 1.54) is 18.4 Å². The van der Waals surface area contributed by atoms with E-state index in [1.54, 1.807) is 0 Å². The first-order valence-corrected chi connectivity index (χ1v) is 7.13. The van der Waals surface area contributed by atoms with E-state index in [2.05, 4.69) is 0 Å². The van der Waals surface area contributed by atoms with Crippen molar-refractivity contribution >= 4 is 5.91 Å². The Bertz CT molecular complexity index is 348. The molecule has 1 heterocycles. The zero-order valence-electron chi connectivity index (χ0n) is 11.9. The second-order valence-electron chi connectivity index (χ2n) is 4.57. The number of amides is 1. The first-order valence-electron chi connectivity index (χ1n) is 7.13. The van der Waals surface area contributed by atoms with Gasteiger partial charge < -0.3 is 4.90 Å². The first-order chi connectivity index (χ1) is 8.77. The lowest BCUT2D eigenvalue weighted by atomic mass is 10.1. The van der Waals surface area contributed by atoms with Gasteiger partial charge in [-0.25, -0.2) is 0 Å². The van der Waals surface area contributed by atoms with Crippen molar-refractivity contribution in [1.29, 1.82) is 0 Å². The van der Waals surface area contributed by atoms with Crippen LogP contribution in [0, 0.1) is 6.92 Å². The molecular weight excluding hydrogens is 222 g/mol. The molecule has 1 aliphatic heterocycles. The maximum atomic E-state index is 12.2.